The molecule has 0 rings (SSSR count). The van der Waals surface area contributed by atoms with Gasteiger partial charge in [0.15, 0.2) is 0 Å². The van der Waals surface area contributed by atoms with E-state index in [9.17, 15) is 35.1 Å². The first-order valence-electron chi connectivity index (χ1n) is 2.35. The summed E-state index contributed by atoms with van der Waals surface area (Å²) in [5.41, 5.74) is 0. The van der Waals surface area contributed by atoms with Gasteiger partial charge in [-0.15, -0.1) is 0 Å². The van der Waals surface area contributed by atoms with Crippen LogP contribution < -0.4 is 0 Å². The van der Waals surface area contributed by atoms with Crippen molar-refractivity contribution >= 4 is 0 Å². The highest BCUT2D eigenvalue weighted by Crippen LogP contribution is 2.34. The molecular formula is C4H4F8. The van der Waals surface area contributed by atoms with Gasteiger partial charge >= 0.3 is 18.8 Å². The minimum absolute atomic E-state index is 0.188. The van der Waals surface area contributed by atoms with Crippen LogP contribution in [-0.4, -0.2) is 18.8 Å². The molecule has 0 atom stereocenters. The Labute approximate surface area is 62.2 Å². The van der Waals surface area contributed by atoms with Crippen molar-refractivity contribution in [3.05, 3.63) is 0 Å². The molecule has 0 aromatic carbocycles. The Kier molecular flexibility index (Phi) is 5.20. The second-order valence-electron chi connectivity index (χ2n) is 1.63. The Hall–Kier alpha value is -0.560. The third kappa shape index (κ3) is 9.44. The van der Waals surface area contributed by atoms with Crippen LogP contribution in [0.5, 0.6) is 0 Å². The normalized spacial score (nSPS) is 12.5. The molecule has 76 valence electrons. The Bertz CT molecular complexity index is 92.5. The molecule has 0 heterocycles. The second kappa shape index (κ2) is 4.46. The van der Waals surface area contributed by atoms with Crippen molar-refractivity contribution in [3.63, 3.8) is 0 Å². The lowest BCUT2D eigenvalue weighted by Gasteiger charge is -2.12. The maximum atomic E-state index is 11.1. The van der Waals surface area contributed by atoms with E-state index in [1.54, 1.807) is 0 Å². The van der Waals surface area contributed by atoms with Crippen LogP contribution in [0.15, 0.2) is 0 Å². The minimum Gasteiger partial charge on any atom is -0.197 e. The molecule has 0 saturated heterocycles. The molecule has 0 fully saturated rings. The topological polar surface area (TPSA) is 0 Å². The molecule has 0 aromatic rings. The summed E-state index contributed by atoms with van der Waals surface area (Å²) in [7, 11) is 0. The third-order valence-electron chi connectivity index (χ3n) is 0.498. The number of halogens is 8. The Morgan fingerprint density at radius 1 is 0.833 bits per heavy atom. The van der Waals surface area contributed by atoms with Gasteiger partial charge in [0.2, 0.25) is 0 Å². The van der Waals surface area contributed by atoms with Crippen LogP contribution in [-0.2, 0) is 0 Å². The van der Waals surface area contributed by atoms with Crippen molar-refractivity contribution < 1.29 is 35.1 Å². The van der Waals surface area contributed by atoms with E-state index >= 15 is 0 Å². The van der Waals surface area contributed by atoms with Gasteiger partial charge in [-0.2, -0.15) is 35.1 Å². The fourth-order valence-corrected chi connectivity index (χ4v) is 0. The molecule has 8 heteroatoms. The Morgan fingerprint density at radius 3 is 0.917 bits per heavy atom. The van der Waals surface area contributed by atoms with Gasteiger partial charge in [0.25, 0.3) is 0 Å². The van der Waals surface area contributed by atoms with E-state index in [1.807, 2.05) is 0 Å². The maximum absolute atomic E-state index is 11.1. The molecule has 0 aliphatic carbocycles. The van der Waals surface area contributed by atoms with Crippen molar-refractivity contribution in [1.82, 2.24) is 0 Å². The van der Waals surface area contributed by atoms with Crippen molar-refractivity contribution in [2.75, 3.05) is 0 Å². The SMILES string of the molecule is CC(F)(F)C(F)(F)F.FC(F)F. The van der Waals surface area contributed by atoms with Gasteiger partial charge in [-0.25, -0.2) is 0 Å². The summed E-state index contributed by atoms with van der Waals surface area (Å²) in [5, 5.41) is 0. The predicted octanol–water partition coefficient (Wildman–Crippen LogP) is 3.38. The Morgan fingerprint density at radius 2 is 0.917 bits per heavy atom. The molecular weight excluding hydrogens is 200 g/mol. The highest BCUT2D eigenvalue weighted by atomic mass is 19.4. The molecule has 0 radical (unpaired) electrons. The zero-order valence-corrected chi connectivity index (χ0v) is 5.60. The van der Waals surface area contributed by atoms with E-state index in [-0.39, 0.29) is 6.92 Å². The van der Waals surface area contributed by atoms with Crippen molar-refractivity contribution in [1.29, 1.82) is 0 Å². The van der Waals surface area contributed by atoms with Crippen LogP contribution in [0.1, 0.15) is 6.92 Å². The van der Waals surface area contributed by atoms with Crippen molar-refractivity contribution in [3.8, 4) is 0 Å². The van der Waals surface area contributed by atoms with Crippen molar-refractivity contribution in [2.24, 2.45) is 0 Å². The van der Waals surface area contributed by atoms with Crippen LogP contribution in [0.4, 0.5) is 35.1 Å². The van der Waals surface area contributed by atoms with E-state index in [0.29, 0.717) is 0 Å². The number of alkyl halides is 8. The minimum atomic E-state index is -5.40. The van der Waals surface area contributed by atoms with Gasteiger partial charge in [0, 0.05) is 6.92 Å². The second-order valence-corrected chi connectivity index (χ2v) is 1.63. The van der Waals surface area contributed by atoms with E-state index in [4.69, 9.17) is 0 Å². The molecule has 0 N–H and O–H groups in total. The van der Waals surface area contributed by atoms with Gasteiger partial charge < -0.3 is 0 Å². The average Bonchev–Trinajstić information content (AvgIpc) is 1.55. The highest BCUT2D eigenvalue weighted by Gasteiger charge is 2.52. The maximum Gasteiger partial charge on any atom is 0.452 e. The smallest absolute Gasteiger partial charge is 0.197 e. The average molecular weight is 204 g/mol. The molecule has 12 heavy (non-hydrogen) atoms. The van der Waals surface area contributed by atoms with Crippen LogP contribution >= 0.6 is 0 Å². The molecule has 0 nitrogen and oxygen atoms in total. The summed E-state index contributed by atoms with van der Waals surface area (Å²) in [5.74, 6) is -4.56. The summed E-state index contributed by atoms with van der Waals surface area (Å²) in [6.07, 6.45) is -5.40. The first kappa shape index (κ1) is 14.0. The first-order valence-corrected chi connectivity index (χ1v) is 2.35. The van der Waals surface area contributed by atoms with Gasteiger partial charge in [-0.05, 0) is 0 Å². The van der Waals surface area contributed by atoms with E-state index in [1.165, 1.54) is 0 Å². The summed E-state index contributed by atoms with van der Waals surface area (Å²) in [4.78, 5) is 0. The number of hydrogen-bond acceptors (Lipinski definition) is 0. The van der Waals surface area contributed by atoms with Crippen LogP contribution in [0.2, 0.25) is 0 Å². The van der Waals surface area contributed by atoms with Gasteiger partial charge in [-0.1, -0.05) is 0 Å². The fraction of sp³-hybridized carbons (Fsp3) is 1.00. The molecule has 0 saturated carbocycles. The molecule has 0 aliphatic rings. The van der Waals surface area contributed by atoms with E-state index in [2.05, 4.69) is 0 Å². The highest BCUT2D eigenvalue weighted by molar-refractivity contribution is 4.67. The summed E-state index contributed by atoms with van der Waals surface area (Å²) >= 11 is 0. The lowest BCUT2D eigenvalue weighted by molar-refractivity contribution is -0.273. The summed E-state index contributed by atoms with van der Waals surface area (Å²) in [6, 6.07) is 0. The largest absolute Gasteiger partial charge is 0.452 e. The first-order chi connectivity index (χ1) is 4.98. The van der Waals surface area contributed by atoms with E-state index in [0.717, 1.165) is 0 Å². The van der Waals surface area contributed by atoms with Gasteiger partial charge in [0.05, 0.1) is 0 Å². The summed E-state index contributed by atoms with van der Waals surface area (Å²) < 4.78 is 83.6. The molecule has 0 amide bonds. The number of hydrogen-bond donors (Lipinski definition) is 0. The quantitative estimate of drug-likeness (QED) is 0.530. The molecule has 0 spiro atoms. The molecule has 0 bridgehead atoms. The van der Waals surface area contributed by atoms with Crippen LogP contribution in [0, 0.1) is 0 Å². The molecule has 0 aliphatic heterocycles. The summed E-state index contributed by atoms with van der Waals surface area (Å²) in [6.45, 7) is -3.85. The monoisotopic (exact) mass is 204 g/mol. The predicted molar refractivity (Wildman–Crippen MR) is 23.8 cm³/mol. The molecule has 0 unspecified atom stereocenters. The van der Waals surface area contributed by atoms with Gasteiger partial charge in [-0.3, -0.25) is 0 Å². The van der Waals surface area contributed by atoms with Gasteiger partial charge in [0.1, 0.15) is 0 Å². The van der Waals surface area contributed by atoms with Crippen LogP contribution in [0.25, 0.3) is 0 Å². The fourth-order valence-electron chi connectivity index (χ4n) is 0. The third-order valence-corrected chi connectivity index (χ3v) is 0.498. The van der Waals surface area contributed by atoms with Crippen LogP contribution in [0.3, 0.4) is 0 Å². The lowest BCUT2D eigenvalue weighted by atomic mass is 10.4. The van der Waals surface area contributed by atoms with Crippen molar-refractivity contribution in [2.45, 2.75) is 25.7 Å². The number of rotatable bonds is 0. The Balaban J connectivity index is 0. The zero-order chi connectivity index (χ0) is 10.6. The zero-order valence-electron chi connectivity index (χ0n) is 5.60. The lowest BCUT2D eigenvalue weighted by Crippen LogP contribution is -2.32. The molecule has 0 aromatic heterocycles. The van der Waals surface area contributed by atoms with E-state index < -0.39 is 18.8 Å². The standard InChI is InChI=1S/C3H3F5.CHF3/c1-2(4,5)3(6,7)8;2-1(3)4/h1H3;1H.